The van der Waals surface area contributed by atoms with Gasteiger partial charge in [-0.2, -0.15) is 0 Å². The van der Waals surface area contributed by atoms with Crippen LogP contribution in [-0.2, 0) is 18.4 Å². The molecule has 9 heteroatoms. The maximum Gasteiger partial charge on any atom is 0.268 e. The predicted octanol–water partition coefficient (Wildman–Crippen LogP) is 14.2. The summed E-state index contributed by atoms with van der Waals surface area (Å²) in [6.45, 7) is 4.57. The summed E-state index contributed by atoms with van der Waals surface area (Å²) in [4.78, 5) is 25.1. The first-order chi connectivity index (χ1) is 29.0. The molecule has 0 aromatic carbocycles. The van der Waals surface area contributed by atoms with E-state index in [2.05, 4.69) is 31.3 Å². The number of aliphatic hydroxyl groups excluding tert-OH is 1. The van der Waals surface area contributed by atoms with Crippen molar-refractivity contribution in [2.24, 2.45) is 0 Å². The Balaban J connectivity index is 3.95. The van der Waals surface area contributed by atoms with E-state index in [0.29, 0.717) is 17.4 Å². The molecule has 2 N–H and O–H groups in total. The molecule has 0 saturated heterocycles. The zero-order valence-corrected chi connectivity index (χ0v) is 41.3. The Bertz CT molecular complexity index is 1030. The Morgan fingerprint density at radius 1 is 0.567 bits per heavy atom. The van der Waals surface area contributed by atoms with Crippen LogP contribution in [0.1, 0.15) is 245 Å². The van der Waals surface area contributed by atoms with Gasteiger partial charge in [0.2, 0.25) is 5.91 Å². The van der Waals surface area contributed by atoms with Gasteiger partial charge in [-0.25, -0.2) is 0 Å². The first-order valence-corrected chi connectivity index (χ1v) is 27.2. The van der Waals surface area contributed by atoms with Gasteiger partial charge in [-0.05, 0) is 32.1 Å². The molecule has 0 radical (unpaired) electrons. The molecule has 60 heavy (non-hydrogen) atoms. The van der Waals surface area contributed by atoms with Gasteiger partial charge in [0, 0.05) is 6.42 Å². The number of nitrogens with zero attached hydrogens (tertiary/aromatic N) is 1. The second-order valence-electron chi connectivity index (χ2n) is 18.9. The Morgan fingerprint density at radius 3 is 1.35 bits per heavy atom. The van der Waals surface area contributed by atoms with Crippen LogP contribution in [0.15, 0.2) is 24.3 Å². The summed E-state index contributed by atoms with van der Waals surface area (Å²) < 4.78 is 23.1. The number of nitrogens with one attached hydrogen (secondary N) is 1. The molecule has 0 aliphatic carbocycles. The molecule has 0 rings (SSSR count). The number of carbonyl (C=O) groups excluding carboxylic acids is 1. The van der Waals surface area contributed by atoms with Crippen LogP contribution < -0.4 is 10.2 Å². The average molecular weight is 869 g/mol. The number of phosphoric acid groups is 1. The van der Waals surface area contributed by atoms with Crippen LogP contribution >= 0.6 is 7.82 Å². The number of rotatable bonds is 47. The van der Waals surface area contributed by atoms with E-state index in [1.807, 2.05) is 27.2 Å². The third-order valence-electron chi connectivity index (χ3n) is 11.7. The molecule has 0 aliphatic rings. The second kappa shape index (κ2) is 43.2. The van der Waals surface area contributed by atoms with Crippen molar-refractivity contribution in [3.63, 3.8) is 0 Å². The van der Waals surface area contributed by atoms with E-state index in [1.165, 1.54) is 186 Å². The Labute approximate surface area is 373 Å². The number of quaternary nitrogens is 1. The molecule has 0 heterocycles. The first kappa shape index (κ1) is 59.0. The number of likely N-dealkylation sites (N-methyl/N-ethyl adjacent to an activating group) is 1. The molecule has 8 nitrogen and oxygen atoms in total. The fourth-order valence-corrected chi connectivity index (χ4v) is 8.30. The minimum atomic E-state index is -4.58. The first-order valence-electron chi connectivity index (χ1n) is 25.7. The van der Waals surface area contributed by atoms with Crippen LogP contribution in [0.25, 0.3) is 0 Å². The monoisotopic (exact) mass is 869 g/mol. The standard InChI is InChI=1S/C51H101N2O6P/c1-6-8-10-12-14-15-16-17-18-19-20-21-22-23-24-25-26-27-28-29-30-31-32-33-34-35-36-37-38-39-40-42-44-50(54)49(52-51(55)45-43-41-13-11-9-7-2)48-59-60(56,57)58-47-46-53(3,4)5/h37-38,42,44,49-50,54H,6-36,39-41,43,45-48H2,1-5H3,(H-,52,55,56,57)/b38-37+,44-42+. The number of hydrogen-bond acceptors (Lipinski definition) is 6. The lowest BCUT2D eigenvalue weighted by Gasteiger charge is -2.29. The van der Waals surface area contributed by atoms with Crippen molar-refractivity contribution >= 4 is 13.7 Å². The van der Waals surface area contributed by atoms with Gasteiger partial charge in [0.1, 0.15) is 13.2 Å². The van der Waals surface area contributed by atoms with Crippen molar-refractivity contribution in [3.8, 4) is 0 Å². The molecule has 0 bridgehead atoms. The lowest BCUT2D eigenvalue weighted by Crippen LogP contribution is -2.45. The highest BCUT2D eigenvalue weighted by Crippen LogP contribution is 2.38. The van der Waals surface area contributed by atoms with Crippen LogP contribution in [0.4, 0.5) is 0 Å². The van der Waals surface area contributed by atoms with E-state index in [9.17, 15) is 19.4 Å². The normalized spacial score (nSPS) is 14.3. The van der Waals surface area contributed by atoms with Crippen LogP contribution in [0, 0.1) is 0 Å². The summed E-state index contributed by atoms with van der Waals surface area (Å²) in [6.07, 6.45) is 53.1. The van der Waals surface area contributed by atoms with Crippen LogP contribution in [0.5, 0.6) is 0 Å². The maximum atomic E-state index is 12.7. The lowest BCUT2D eigenvalue weighted by atomic mass is 10.0. The largest absolute Gasteiger partial charge is 0.756 e. The van der Waals surface area contributed by atoms with Crippen molar-refractivity contribution in [2.45, 2.75) is 257 Å². The molecule has 1 amide bonds. The number of hydrogen-bond donors (Lipinski definition) is 2. The van der Waals surface area contributed by atoms with Gasteiger partial charge in [0.05, 0.1) is 39.9 Å². The van der Waals surface area contributed by atoms with E-state index in [0.717, 1.165) is 38.5 Å². The number of amides is 1. The summed E-state index contributed by atoms with van der Waals surface area (Å²) in [6, 6.07) is -0.896. The minimum absolute atomic E-state index is 0.00495. The van der Waals surface area contributed by atoms with E-state index in [-0.39, 0.29) is 12.5 Å². The predicted molar refractivity (Wildman–Crippen MR) is 256 cm³/mol. The van der Waals surface area contributed by atoms with Gasteiger partial charge in [-0.1, -0.05) is 231 Å². The van der Waals surface area contributed by atoms with Gasteiger partial charge >= 0.3 is 0 Å². The van der Waals surface area contributed by atoms with Gasteiger partial charge in [-0.15, -0.1) is 0 Å². The third kappa shape index (κ3) is 45.0. The molecule has 356 valence electrons. The highest BCUT2D eigenvalue weighted by Gasteiger charge is 2.23. The molecule has 0 aromatic heterocycles. The van der Waals surface area contributed by atoms with Crippen molar-refractivity contribution in [2.75, 3.05) is 40.9 Å². The number of unbranched alkanes of at least 4 members (excludes halogenated alkanes) is 32. The molecule has 0 spiro atoms. The average Bonchev–Trinajstić information content (AvgIpc) is 3.20. The van der Waals surface area contributed by atoms with Crippen molar-refractivity contribution in [3.05, 3.63) is 24.3 Å². The summed E-state index contributed by atoms with van der Waals surface area (Å²) in [5.41, 5.74) is 0. The summed E-state index contributed by atoms with van der Waals surface area (Å²) in [7, 11) is 1.25. The quantitative estimate of drug-likeness (QED) is 0.0273. The van der Waals surface area contributed by atoms with Crippen molar-refractivity contribution < 1.29 is 32.9 Å². The molecule has 0 fully saturated rings. The maximum absolute atomic E-state index is 12.7. The van der Waals surface area contributed by atoms with E-state index < -0.39 is 26.6 Å². The second-order valence-corrected chi connectivity index (χ2v) is 20.3. The van der Waals surface area contributed by atoms with Crippen LogP contribution in [0.3, 0.4) is 0 Å². The van der Waals surface area contributed by atoms with E-state index in [4.69, 9.17) is 9.05 Å². The van der Waals surface area contributed by atoms with E-state index in [1.54, 1.807) is 6.08 Å². The molecular formula is C51H101N2O6P. The number of phosphoric ester groups is 1. The smallest absolute Gasteiger partial charge is 0.268 e. The van der Waals surface area contributed by atoms with Gasteiger partial charge in [0.15, 0.2) is 0 Å². The summed E-state index contributed by atoms with van der Waals surface area (Å²) in [5.74, 6) is -0.216. The summed E-state index contributed by atoms with van der Waals surface area (Å²) >= 11 is 0. The van der Waals surface area contributed by atoms with Gasteiger partial charge < -0.3 is 28.8 Å². The molecule has 3 unspecified atom stereocenters. The molecule has 3 atom stereocenters. The number of allylic oxidation sites excluding steroid dienone is 3. The Morgan fingerprint density at radius 2 is 0.933 bits per heavy atom. The molecule has 0 aromatic rings. The molecular weight excluding hydrogens is 768 g/mol. The SMILES string of the molecule is CCCCCCCCCCCCCCCCCCCCCCCCCCCC/C=C/CC/C=C/C(O)C(COP(=O)([O-])OCC[N+](C)(C)C)NC(=O)CCCCCCCC. The molecule has 0 aliphatic heterocycles. The van der Waals surface area contributed by atoms with Gasteiger partial charge in [0.25, 0.3) is 7.82 Å². The van der Waals surface area contributed by atoms with Crippen molar-refractivity contribution in [1.82, 2.24) is 5.32 Å². The fraction of sp³-hybridized carbons (Fsp3) is 0.902. The van der Waals surface area contributed by atoms with Gasteiger partial charge in [-0.3, -0.25) is 9.36 Å². The zero-order chi connectivity index (χ0) is 44.3. The Hall–Kier alpha value is -1.02. The zero-order valence-electron chi connectivity index (χ0n) is 40.4. The minimum Gasteiger partial charge on any atom is -0.756 e. The van der Waals surface area contributed by atoms with E-state index >= 15 is 0 Å². The Kier molecular flexibility index (Phi) is 42.5. The van der Waals surface area contributed by atoms with Crippen LogP contribution in [0.2, 0.25) is 0 Å². The lowest BCUT2D eigenvalue weighted by molar-refractivity contribution is -0.870. The van der Waals surface area contributed by atoms with Crippen LogP contribution in [-0.4, -0.2) is 68.5 Å². The highest BCUT2D eigenvalue weighted by molar-refractivity contribution is 7.45. The topological polar surface area (TPSA) is 108 Å². The highest BCUT2D eigenvalue weighted by atomic mass is 31.2. The summed E-state index contributed by atoms with van der Waals surface area (Å²) in [5, 5.41) is 13.7. The van der Waals surface area contributed by atoms with Crippen molar-refractivity contribution in [1.29, 1.82) is 0 Å². The fourth-order valence-electron chi connectivity index (χ4n) is 7.58. The number of carbonyl (C=O) groups is 1. The third-order valence-corrected chi connectivity index (χ3v) is 12.6. The number of aliphatic hydroxyl groups is 1. The molecule has 0 saturated carbocycles.